The number of hydrogen-bond acceptors (Lipinski definition) is 5. The summed E-state index contributed by atoms with van der Waals surface area (Å²) >= 11 is 0. The van der Waals surface area contributed by atoms with E-state index in [2.05, 4.69) is 22.5 Å². The molecule has 2 N–H and O–H groups in total. The Morgan fingerprint density at radius 3 is 2.42 bits per heavy atom. The molecule has 0 saturated heterocycles. The Hall–Kier alpha value is -2.70. The minimum Gasteiger partial charge on any atom is -0.497 e. The van der Waals surface area contributed by atoms with Crippen molar-refractivity contribution in [2.24, 2.45) is 0 Å². The number of carbonyl (C=O) groups is 1. The zero-order chi connectivity index (χ0) is 22.3. The highest BCUT2D eigenvalue weighted by Crippen LogP contribution is 2.17. The summed E-state index contributed by atoms with van der Waals surface area (Å²) in [6.45, 7) is 4.39. The van der Waals surface area contributed by atoms with Crippen molar-refractivity contribution in [2.75, 3.05) is 32.6 Å². The fourth-order valence-electron chi connectivity index (χ4n) is 3.41. The summed E-state index contributed by atoms with van der Waals surface area (Å²) in [4.78, 5) is 17.0. The van der Waals surface area contributed by atoms with Gasteiger partial charge in [0, 0.05) is 20.1 Å². The molecule has 0 aliphatic rings. The minimum absolute atomic E-state index is 0.0554. The maximum Gasteiger partial charge on any atom is 0.271 e. The van der Waals surface area contributed by atoms with E-state index in [1.165, 1.54) is 19.3 Å². The third-order valence-corrected chi connectivity index (χ3v) is 5.23. The molecule has 1 aromatic heterocycles. The fourth-order valence-corrected chi connectivity index (χ4v) is 3.41. The van der Waals surface area contributed by atoms with Crippen LogP contribution in [0.2, 0.25) is 0 Å². The van der Waals surface area contributed by atoms with E-state index in [0.717, 1.165) is 50.1 Å². The number of imidazole rings is 1. The fraction of sp³-hybridized carbons (Fsp3) is 0.583. The monoisotopic (exact) mass is 430 g/mol. The van der Waals surface area contributed by atoms with Crippen LogP contribution in [0.1, 0.15) is 68.8 Å². The highest BCUT2D eigenvalue weighted by atomic mass is 16.5. The lowest BCUT2D eigenvalue weighted by Gasteiger charge is -2.11. The maximum atomic E-state index is 12.7. The van der Waals surface area contributed by atoms with Crippen LogP contribution in [0.4, 0.5) is 5.82 Å². The quantitative estimate of drug-likeness (QED) is 0.371. The zero-order valence-electron chi connectivity index (χ0n) is 19.3. The number of nitrogens with zero attached hydrogens (tertiary/aromatic N) is 2. The van der Waals surface area contributed by atoms with Crippen molar-refractivity contribution in [1.82, 2.24) is 14.9 Å². The van der Waals surface area contributed by atoms with E-state index in [4.69, 9.17) is 9.47 Å². The van der Waals surface area contributed by atoms with Crippen LogP contribution in [0.5, 0.6) is 11.5 Å². The molecule has 1 heterocycles. The topological polar surface area (TPSA) is 77.4 Å². The molecule has 31 heavy (non-hydrogen) atoms. The Morgan fingerprint density at radius 2 is 1.71 bits per heavy atom. The molecular weight excluding hydrogens is 392 g/mol. The number of benzene rings is 1. The Morgan fingerprint density at radius 1 is 1.00 bits per heavy atom. The summed E-state index contributed by atoms with van der Waals surface area (Å²) in [5, 5.41) is 6.08. The summed E-state index contributed by atoms with van der Waals surface area (Å²) in [5.74, 6) is 2.28. The molecule has 0 aliphatic heterocycles. The average Bonchev–Trinajstić information content (AvgIpc) is 3.21. The second kappa shape index (κ2) is 14.3. The third kappa shape index (κ3) is 8.52. The van der Waals surface area contributed by atoms with Crippen LogP contribution < -0.4 is 20.1 Å². The Bertz CT molecular complexity index is 759. The Balaban J connectivity index is 1.62. The minimum atomic E-state index is -0.0554. The summed E-state index contributed by atoms with van der Waals surface area (Å²) < 4.78 is 12.9. The first-order valence-electron chi connectivity index (χ1n) is 11.5. The molecule has 7 heteroatoms. The van der Waals surface area contributed by atoms with Crippen LogP contribution in [-0.2, 0) is 6.54 Å². The van der Waals surface area contributed by atoms with E-state index in [1.54, 1.807) is 20.5 Å². The van der Waals surface area contributed by atoms with Gasteiger partial charge < -0.3 is 24.7 Å². The molecular formula is C24H38N4O3. The molecule has 2 aromatic rings. The van der Waals surface area contributed by atoms with Crippen LogP contribution >= 0.6 is 0 Å². The van der Waals surface area contributed by atoms with Crippen molar-refractivity contribution < 1.29 is 14.3 Å². The molecule has 172 valence electrons. The molecule has 0 spiro atoms. The Kier molecular flexibility index (Phi) is 11.4. The van der Waals surface area contributed by atoms with Crippen molar-refractivity contribution in [1.29, 1.82) is 0 Å². The van der Waals surface area contributed by atoms with Crippen LogP contribution in [0, 0.1) is 0 Å². The number of methoxy groups -OCH3 is 1. The molecule has 0 fully saturated rings. The van der Waals surface area contributed by atoms with E-state index in [0.29, 0.717) is 24.7 Å². The van der Waals surface area contributed by atoms with E-state index in [9.17, 15) is 4.79 Å². The predicted molar refractivity (Wildman–Crippen MR) is 125 cm³/mol. The molecule has 0 aliphatic carbocycles. The van der Waals surface area contributed by atoms with Gasteiger partial charge in [0.2, 0.25) is 0 Å². The number of anilines is 1. The van der Waals surface area contributed by atoms with E-state index < -0.39 is 0 Å². The normalized spacial score (nSPS) is 10.7. The lowest BCUT2D eigenvalue weighted by atomic mass is 10.2. The Labute approximate surface area is 186 Å². The molecule has 0 saturated carbocycles. The van der Waals surface area contributed by atoms with Crippen LogP contribution in [0.15, 0.2) is 30.6 Å². The standard InChI is InChI=1S/C24H38N4O3/c1-4-5-6-10-17-28-19-27-23(25-2)22(28)24(29)26-16-9-7-8-11-18-31-21-14-12-20(30-3)13-15-21/h12-15,19,25H,4-11,16-18H2,1-3H3,(H,26,29). The van der Waals surface area contributed by atoms with E-state index >= 15 is 0 Å². The number of rotatable bonds is 16. The number of nitrogens with one attached hydrogen (secondary N) is 2. The van der Waals surface area contributed by atoms with E-state index in [1.807, 2.05) is 28.8 Å². The zero-order valence-corrected chi connectivity index (χ0v) is 19.3. The van der Waals surface area contributed by atoms with E-state index in [-0.39, 0.29) is 5.91 Å². The number of aromatic nitrogens is 2. The summed E-state index contributed by atoms with van der Waals surface area (Å²) in [5.41, 5.74) is 0.631. The van der Waals surface area contributed by atoms with Gasteiger partial charge in [0.1, 0.15) is 11.5 Å². The van der Waals surface area contributed by atoms with Crippen molar-refractivity contribution in [3.8, 4) is 11.5 Å². The summed E-state index contributed by atoms with van der Waals surface area (Å²) in [7, 11) is 3.45. The van der Waals surface area contributed by atoms with Crippen LogP contribution in [-0.4, -0.2) is 42.8 Å². The number of ether oxygens (including phenoxy) is 2. The molecule has 0 radical (unpaired) electrons. The molecule has 0 bridgehead atoms. The highest BCUT2D eigenvalue weighted by Gasteiger charge is 2.17. The smallest absolute Gasteiger partial charge is 0.271 e. The number of amides is 1. The van der Waals surface area contributed by atoms with Crippen molar-refractivity contribution in [3.63, 3.8) is 0 Å². The van der Waals surface area contributed by atoms with Gasteiger partial charge in [0.15, 0.2) is 11.5 Å². The van der Waals surface area contributed by atoms with Crippen molar-refractivity contribution >= 4 is 11.7 Å². The largest absolute Gasteiger partial charge is 0.497 e. The first kappa shape index (κ1) is 24.6. The number of aryl methyl sites for hydroxylation is 1. The van der Waals surface area contributed by atoms with Gasteiger partial charge in [-0.1, -0.05) is 39.0 Å². The molecule has 0 unspecified atom stereocenters. The van der Waals surface area contributed by atoms with Gasteiger partial charge in [0.25, 0.3) is 5.91 Å². The lowest BCUT2D eigenvalue weighted by Crippen LogP contribution is -2.27. The van der Waals surface area contributed by atoms with Gasteiger partial charge in [0.05, 0.1) is 20.0 Å². The van der Waals surface area contributed by atoms with Crippen LogP contribution in [0.3, 0.4) is 0 Å². The summed E-state index contributed by atoms with van der Waals surface area (Å²) in [6, 6.07) is 7.63. The van der Waals surface area contributed by atoms with Crippen LogP contribution in [0.25, 0.3) is 0 Å². The second-order valence-electron chi connectivity index (χ2n) is 7.64. The van der Waals surface area contributed by atoms with Gasteiger partial charge >= 0.3 is 0 Å². The van der Waals surface area contributed by atoms with Gasteiger partial charge in [-0.15, -0.1) is 0 Å². The second-order valence-corrected chi connectivity index (χ2v) is 7.64. The average molecular weight is 431 g/mol. The van der Waals surface area contributed by atoms with Gasteiger partial charge in [-0.25, -0.2) is 4.98 Å². The summed E-state index contributed by atoms with van der Waals surface area (Å²) in [6.07, 6.45) is 10.5. The first-order chi connectivity index (χ1) is 15.2. The maximum absolute atomic E-state index is 12.7. The predicted octanol–water partition coefficient (Wildman–Crippen LogP) is 4.88. The number of carbonyl (C=O) groups excluding carboxylic acids is 1. The number of hydrogen-bond donors (Lipinski definition) is 2. The number of unbranched alkanes of at least 4 members (excludes halogenated alkanes) is 6. The van der Waals surface area contributed by atoms with Gasteiger partial charge in [-0.2, -0.15) is 0 Å². The van der Waals surface area contributed by atoms with Crippen molar-refractivity contribution in [3.05, 3.63) is 36.3 Å². The molecule has 1 amide bonds. The first-order valence-corrected chi connectivity index (χ1v) is 11.5. The van der Waals surface area contributed by atoms with Gasteiger partial charge in [-0.05, 0) is 43.5 Å². The van der Waals surface area contributed by atoms with Crippen molar-refractivity contribution in [2.45, 2.75) is 64.8 Å². The lowest BCUT2D eigenvalue weighted by molar-refractivity contribution is 0.0944. The molecule has 2 rings (SSSR count). The highest BCUT2D eigenvalue weighted by molar-refractivity contribution is 5.97. The van der Waals surface area contributed by atoms with Gasteiger partial charge in [-0.3, -0.25) is 4.79 Å². The molecule has 7 nitrogen and oxygen atoms in total. The molecule has 1 aromatic carbocycles. The molecule has 0 atom stereocenters. The third-order valence-electron chi connectivity index (χ3n) is 5.23. The SMILES string of the molecule is CCCCCCn1cnc(NC)c1C(=O)NCCCCCCOc1ccc(OC)cc1.